The molecule has 0 fully saturated rings. The standard InChI is InChI=1S/C19H21N3O/c1-3-8-18-21-16-11-6-5-10-15(16)19(22-18)20-13-14-9-4-7-12-17(14)23-2/h4-7,9-12H,3,8,13H2,1-2H3,(H,20,21,22). The van der Waals surface area contributed by atoms with Crippen molar-refractivity contribution in [1.29, 1.82) is 0 Å². The molecular formula is C19H21N3O. The number of ether oxygens (including phenoxy) is 1. The van der Waals surface area contributed by atoms with Crippen LogP contribution in [0.3, 0.4) is 0 Å². The summed E-state index contributed by atoms with van der Waals surface area (Å²) < 4.78 is 5.41. The van der Waals surface area contributed by atoms with Crippen molar-refractivity contribution in [2.45, 2.75) is 26.3 Å². The molecule has 0 saturated carbocycles. The zero-order chi connectivity index (χ0) is 16.1. The zero-order valence-electron chi connectivity index (χ0n) is 13.5. The molecule has 3 rings (SSSR count). The van der Waals surface area contributed by atoms with Crippen LogP contribution in [0.15, 0.2) is 48.5 Å². The predicted octanol–water partition coefficient (Wildman–Crippen LogP) is 4.20. The van der Waals surface area contributed by atoms with Gasteiger partial charge in [-0.05, 0) is 24.6 Å². The summed E-state index contributed by atoms with van der Waals surface area (Å²) in [5.74, 6) is 2.64. The largest absolute Gasteiger partial charge is 0.496 e. The van der Waals surface area contributed by atoms with Crippen LogP contribution >= 0.6 is 0 Å². The summed E-state index contributed by atoms with van der Waals surface area (Å²) >= 11 is 0. The fraction of sp³-hybridized carbons (Fsp3) is 0.263. The number of aromatic nitrogens is 2. The molecule has 0 aliphatic carbocycles. The fourth-order valence-corrected chi connectivity index (χ4v) is 2.62. The average molecular weight is 307 g/mol. The van der Waals surface area contributed by atoms with Gasteiger partial charge in [0.05, 0.1) is 12.6 Å². The van der Waals surface area contributed by atoms with E-state index in [1.807, 2.05) is 36.4 Å². The van der Waals surface area contributed by atoms with E-state index >= 15 is 0 Å². The number of rotatable bonds is 6. The monoisotopic (exact) mass is 307 g/mol. The van der Waals surface area contributed by atoms with Crippen molar-refractivity contribution in [2.75, 3.05) is 12.4 Å². The second kappa shape index (κ2) is 7.09. The van der Waals surface area contributed by atoms with Crippen molar-refractivity contribution < 1.29 is 4.74 Å². The lowest BCUT2D eigenvalue weighted by Crippen LogP contribution is -2.06. The van der Waals surface area contributed by atoms with Crippen molar-refractivity contribution in [2.24, 2.45) is 0 Å². The van der Waals surface area contributed by atoms with Gasteiger partial charge in [0.1, 0.15) is 17.4 Å². The van der Waals surface area contributed by atoms with E-state index in [0.29, 0.717) is 6.54 Å². The smallest absolute Gasteiger partial charge is 0.137 e. The number of anilines is 1. The van der Waals surface area contributed by atoms with E-state index in [-0.39, 0.29) is 0 Å². The predicted molar refractivity (Wildman–Crippen MR) is 93.9 cm³/mol. The highest BCUT2D eigenvalue weighted by Gasteiger charge is 2.08. The third kappa shape index (κ3) is 3.42. The molecule has 1 N–H and O–H groups in total. The third-order valence-electron chi connectivity index (χ3n) is 3.76. The molecule has 4 nitrogen and oxygen atoms in total. The number of benzene rings is 2. The summed E-state index contributed by atoms with van der Waals surface area (Å²) in [6.45, 7) is 2.80. The number of fused-ring (bicyclic) bond motifs is 1. The molecule has 0 saturated heterocycles. The van der Waals surface area contributed by atoms with Gasteiger partial charge in [-0.3, -0.25) is 0 Å². The van der Waals surface area contributed by atoms with Gasteiger partial charge in [-0.1, -0.05) is 37.3 Å². The van der Waals surface area contributed by atoms with Gasteiger partial charge in [0.25, 0.3) is 0 Å². The fourth-order valence-electron chi connectivity index (χ4n) is 2.62. The van der Waals surface area contributed by atoms with Crippen molar-refractivity contribution in [3.8, 4) is 5.75 Å². The van der Waals surface area contributed by atoms with E-state index in [9.17, 15) is 0 Å². The summed E-state index contributed by atoms with van der Waals surface area (Å²) in [4.78, 5) is 9.34. The average Bonchev–Trinajstić information content (AvgIpc) is 2.60. The number of hydrogen-bond acceptors (Lipinski definition) is 4. The number of methoxy groups -OCH3 is 1. The third-order valence-corrected chi connectivity index (χ3v) is 3.76. The molecule has 23 heavy (non-hydrogen) atoms. The topological polar surface area (TPSA) is 47.0 Å². The minimum Gasteiger partial charge on any atom is -0.496 e. The molecule has 0 aliphatic heterocycles. The van der Waals surface area contributed by atoms with Crippen molar-refractivity contribution in [3.05, 3.63) is 59.9 Å². The van der Waals surface area contributed by atoms with Crippen LogP contribution in [0.5, 0.6) is 5.75 Å². The number of hydrogen-bond donors (Lipinski definition) is 1. The SMILES string of the molecule is CCCc1nc(NCc2ccccc2OC)c2ccccc2n1. The number of para-hydroxylation sites is 2. The number of nitrogens with zero attached hydrogens (tertiary/aromatic N) is 2. The highest BCUT2D eigenvalue weighted by molar-refractivity contribution is 5.89. The van der Waals surface area contributed by atoms with Crippen LogP contribution in [0.25, 0.3) is 10.9 Å². The molecule has 0 spiro atoms. The van der Waals surface area contributed by atoms with Crippen LogP contribution in [0.2, 0.25) is 0 Å². The van der Waals surface area contributed by atoms with Crippen LogP contribution in [0.4, 0.5) is 5.82 Å². The maximum Gasteiger partial charge on any atom is 0.137 e. The number of nitrogens with one attached hydrogen (secondary N) is 1. The molecule has 118 valence electrons. The van der Waals surface area contributed by atoms with Gasteiger partial charge in [-0.25, -0.2) is 9.97 Å². The normalized spacial score (nSPS) is 10.7. The molecular weight excluding hydrogens is 286 g/mol. The van der Waals surface area contributed by atoms with Crippen molar-refractivity contribution >= 4 is 16.7 Å². The Kier molecular flexibility index (Phi) is 4.71. The van der Waals surface area contributed by atoms with Gasteiger partial charge in [-0.15, -0.1) is 0 Å². The molecule has 4 heteroatoms. The van der Waals surface area contributed by atoms with Gasteiger partial charge >= 0.3 is 0 Å². The summed E-state index contributed by atoms with van der Waals surface area (Å²) in [6.07, 6.45) is 1.92. The van der Waals surface area contributed by atoms with Crippen LogP contribution < -0.4 is 10.1 Å². The first-order valence-corrected chi connectivity index (χ1v) is 7.93. The Balaban J connectivity index is 1.92. The lowest BCUT2D eigenvalue weighted by atomic mass is 10.2. The van der Waals surface area contributed by atoms with E-state index in [0.717, 1.165) is 46.7 Å². The molecule has 2 aromatic carbocycles. The zero-order valence-corrected chi connectivity index (χ0v) is 13.5. The lowest BCUT2D eigenvalue weighted by Gasteiger charge is -2.12. The van der Waals surface area contributed by atoms with Gasteiger partial charge in [-0.2, -0.15) is 0 Å². The molecule has 0 amide bonds. The van der Waals surface area contributed by atoms with E-state index in [1.165, 1.54) is 0 Å². The first kappa shape index (κ1) is 15.3. The maximum atomic E-state index is 5.41. The summed E-state index contributed by atoms with van der Waals surface area (Å²) in [5.41, 5.74) is 2.09. The summed E-state index contributed by atoms with van der Waals surface area (Å²) in [7, 11) is 1.69. The maximum absolute atomic E-state index is 5.41. The Hall–Kier alpha value is -2.62. The first-order chi connectivity index (χ1) is 11.3. The Labute approximate surface area is 136 Å². The quantitative estimate of drug-likeness (QED) is 0.741. The second-order valence-corrected chi connectivity index (χ2v) is 5.42. The molecule has 0 bridgehead atoms. The second-order valence-electron chi connectivity index (χ2n) is 5.42. The Bertz CT molecular complexity index is 801. The van der Waals surface area contributed by atoms with Crippen LogP contribution in [0.1, 0.15) is 24.7 Å². The summed E-state index contributed by atoms with van der Waals surface area (Å²) in [5, 5.41) is 4.49. The molecule has 1 heterocycles. The van der Waals surface area contributed by atoms with E-state index in [2.05, 4.69) is 29.4 Å². The van der Waals surface area contributed by atoms with Gasteiger partial charge < -0.3 is 10.1 Å². The Morgan fingerprint density at radius 1 is 1.00 bits per heavy atom. The highest BCUT2D eigenvalue weighted by Crippen LogP contribution is 2.23. The van der Waals surface area contributed by atoms with Crippen LogP contribution in [-0.4, -0.2) is 17.1 Å². The van der Waals surface area contributed by atoms with Crippen LogP contribution in [0, 0.1) is 0 Å². The van der Waals surface area contributed by atoms with Gasteiger partial charge in [0, 0.05) is 23.9 Å². The molecule has 0 aliphatic rings. The molecule has 0 radical (unpaired) electrons. The van der Waals surface area contributed by atoms with Crippen LogP contribution in [-0.2, 0) is 13.0 Å². The van der Waals surface area contributed by atoms with E-state index in [1.54, 1.807) is 7.11 Å². The van der Waals surface area contributed by atoms with E-state index < -0.39 is 0 Å². The highest BCUT2D eigenvalue weighted by atomic mass is 16.5. The van der Waals surface area contributed by atoms with Gasteiger partial charge in [0.15, 0.2) is 0 Å². The summed E-state index contributed by atoms with van der Waals surface area (Å²) in [6, 6.07) is 16.1. The van der Waals surface area contributed by atoms with Crippen molar-refractivity contribution in [3.63, 3.8) is 0 Å². The first-order valence-electron chi connectivity index (χ1n) is 7.93. The molecule has 3 aromatic rings. The molecule has 0 atom stereocenters. The molecule has 0 unspecified atom stereocenters. The minimum atomic E-state index is 0.663. The Morgan fingerprint density at radius 2 is 1.78 bits per heavy atom. The lowest BCUT2D eigenvalue weighted by molar-refractivity contribution is 0.410. The Morgan fingerprint density at radius 3 is 2.61 bits per heavy atom. The van der Waals surface area contributed by atoms with E-state index in [4.69, 9.17) is 9.72 Å². The van der Waals surface area contributed by atoms with Gasteiger partial charge in [0.2, 0.25) is 0 Å². The number of aryl methyl sites for hydroxylation is 1. The minimum absolute atomic E-state index is 0.663. The molecule has 1 aromatic heterocycles. The van der Waals surface area contributed by atoms with Crippen molar-refractivity contribution in [1.82, 2.24) is 9.97 Å².